The van der Waals surface area contributed by atoms with Gasteiger partial charge in [-0.2, -0.15) is 4.31 Å². The zero-order valence-corrected chi connectivity index (χ0v) is 15.8. The fraction of sp³-hybridized carbons (Fsp3) is 0.556. The van der Waals surface area contributed by atoms with Gasteiger partial charge < -0.3 is 10.4 Å². The fourth-order valence-corrected chi connectivity index (χ4v) is 4.59. The van der Waals surface area contributed by atoms with Gasteiger partial charge in [0.05, 0.1) is 10.8 Å². The minimum absolute atomic E-state index is 0.0190. The first-order valence-electron chi connectivity index (χ1n) is 8.97. The minimum Gasteiger partial charge on any atom is -0.481 e. The normalized spacial score (nSPS) is 16.8. The molecule has 1 aliphatic heterocycles. The molecule has 2 N–H and O–H groups in total. The zero-order chi connectivity index (χ0) is 19.2. The molecule has 26 heavy (non-hydrogen) atoms. The number of carbonyl (C=O) groups excluding carboxylic acids is 1. The lowest BCUT2D eigenvalue weighted by atomic mass is 10.0. The van der Waals surface area contributed by atoms with Gasteiger partial charge in [0.15, 0.2) is 0 Å². The summed E-state index contributed by atoms with van der Waals surface area (Å²) in [5.74, 6) is -2.07. The molecule has 2 rings (SSSR count). The van der Waals surface area contributed by atoms with Crippen LogP contribution in [-0.4, -0.2) is 49.3 Å². The molecule has 1 aromatic rings. The zero-order valence-electron chi connectivity index (χ0n) is 15.0. The SMILES string of the molecule is CCCC(CNC(=O)c1cccc(S(=O)(=O)N2CCCCC2)c1)C(=O)O. The molecule has 1 saturated heterocycles. The van der Waals surface area contributed by atoms with Gasteiger partial charge >= 0.3 is 5.97 Å². The number of sulfonamides is 1. The molecule has 0 spiro atoms. The molecule has 1 heterocycles. The first-order valence-corrected chi connectivity index (χ1v) is 10.4. The summed E-state index contributed by atoms with van der Waals surface area (Å²) in [6.07, 6.45) is 3.88. The number of nitrogens with one attached hydrogen (secondary N) is 1. The van der Waals surface area contributed by atoms with Crippen molar-refractivity contribution in [2.75, 3.05) is 19.6 Å². The summed E-state index contributed by atoms with van der Waals surface area (Å²) in [7, 11) is -3.61. The highest BCUT2D eigenvalue weighted by Gasteiger charge is 2.26. The lowest BCUT2D eigenvalue weighted by Crippen LogP contribution is -2.36. The predicted octanol–water partition coefficient (Wildman–Crippen LogP) is 2.09. The summed E-state index contributed by atoms with van der Waals surface area (Å²) >= 11 is 0. The van der Waals surface area contributed by atoms with Crippen molar-refractivity contribution in [3.63, 3.8) is 0 Å². The summed E-state index contributed by atoms with van der Waals surface area (Å²) in [5.41, 5.74) is 0.212. The molecule has 1 amide bonds. The Morgan fingerprint density at radius 3 is 2.54 bits per heavy atom. The van der Waals surface area contributed by atoms with Crippen molar-refractivity contribution in [3.05, 3.63) is 29.8 Å². The van der Waals surface area contributed by atoms with Crippen molar-refractivity contribution in [1.29, 1.82) is 0 Å². The Hall–Kier alpha value is -1.93. The second-order valence-electron chi connectivity index (χ2n) is 6.53. The fourth-order valence-electron chi connectivity index (χ4n) is 3.03. The quantitative estimate of drug-likeness (QED) is 0.716. The first-order chi connectivity index (χ1) is 12.4. The molecular weight excluding hydrogens is 356 g/mol. The number of piperidine rings is 1. The van der Waals surface area contributed by atoms with E-state index in [2.05, 4.69) is 5.32 Å². The van der Waals surface area contributed by atoms with Gasteiger partial charge in [-0.25, -0.2) is 8.42 Å². The van der Waals surface area contributed by atoms with Gasteiger partial charge in [-0.1, -0.05) is 25.8 Å². The second kappa shape index (κ2) is 9.14. The Labute approximate surface area is 154 Å². The summed E-state index contributed by atoms with van der Waals surface area (Å²) in [6, 6.07) is 5.90. The third kappa shape index (κ3) is 5.04. The summed E-state index contributed by atoms with van der Waals surface area (Å²) in [5, 5.41) is 11.7. The molecule has 1 unspecified atom stereocenters. The third-order valence-electron chi connectivity index (χ3n) is 4.54. The summed E-state index contributed by atoms with van der Waals surface area (Å²) < 4.78 is 26.9. The van der Waals surface area contributed by atoms with Crippen LogP contribution in [0.15, 0.2) is 29.2 Å². The van der Waals surface area contributed by atoms with E-state index < -0.39 is 27.8 Å². The number of carboxylic acids is 1. The molecule has 1 fully saturated rings. The molecule has 1 aliphatic rings. The lowest BCUT2D eigenvalue weighted by Gasteiger charge is -2.26. The number of amides is 1. The molecule has 0 bridgehead atoms. The van der Waals surface area contributed by atoms with Gasteiger partial charge in [-0.3, -0.25) is 9.59 Å². The van der Waals surface area contributed by atoms with Crippen LogP contribution >= 0.6 is 0 Å². The number of hydrogen-bond donors (Lipinski definition) is 2. The van der Waals surface area contributed by atoms with E-state index in [4.69, 9.17) is 5.11 Å². The second-order valence-corrected chi connectivity index (χ2v) is 8.46. The maximum absolute atomic E-state index is 12.7. The smallest absolute Gasteiger partial charge is 0.308 e. The largest absolute Gasteiger partial charge is 0.481 e. The van der Waals surface area contributed by atoms with E-state index in [0.717, 1.165) is 19.3 Å². The Morgan fingerprint density at radius 1 is 1.23 bits per heavy atom. The Bertz CT molecular complexity index is 742. The highest BCUT2D eigenvalue weighted by atomic mass is 32.2. The number of nitrogens with zero attached hydrogens (tertiary/aromatic N) is 1. The number of rotatable bonds is 8. The maximum Gasteiger partial charge on any atom is 0.308 e. The van der Waals surface area contributed by atoms with Crippen molar-refractivity contribution in [2.24, 2.45) is 5.92 Å². The van der Waals surface area contributed by atoms with Gasteiger partial charge in [0.2, 0.25) is 10.0 Å². The van der Waals surface area contributed by atoms with Gasteiger partial charge in [-0.05, 0) is 37.5 Å². The van der Waals surface area contributed by atoms with Crippen LogP contribution in [0.4, 0.5) is 0 Å². The monoisotopic (exact) mass is 382 g/mol. The highest BCUT2D eigenvalue weighted by molar-refractivity contribution is 7.89. The molecule has 144 valence electrons. The van der Waals surface area contributed by atoms with Crippen molar-refractivity contribution in [1.82, 2.24) is 9.62 Å². The number of hydrogen-bond acceptors (Lipinski definition) is 4. The van der Waals surface area contributed by atoms with Crippen LogP contribution in [0.1, 0.15) is 49.4 Å². The molecule has 1 aromatic carbocycles. The van der Waals surface area contributed by atoms with Crippen LogP contribution in [0.25, 0.3) is 0 Å². The van der Waals surface area contributed by atoms with Gasteiger partial charge in [0.25, 0.3) is 5.91 Å². The van der Waals surface area contributed by atoms with Crippen molar-refractivity contribution in [2.45, 2.75) is 43.9 Å². The Morgan fingerprint density at radius 2 is 1.92 bits per heavy atom. The first kappa shape index (κ1) is 20.4. The highest BCUT2D eigenvalue weighted by Crippen LogP contribution is 2.21. The van der Waals surface area contributed by atoms with Gasteiger partial charge in [0, 0.05) is 25.2 Å². The van der Waals surface area contributed by atoms with Gasteiger partial charge in [-0.15, -0.1) is 0 Å². The van der Waals surface area contributed by atoms with E-state index in [1.807, 2.05) is 6.92 Å². The molecule has 0 saturated carbocycles. The van der Waals surface area contributed by atoms with Crippen LogP contribution < -0.4 is 5.32 Å². The number of carbonyl (C=O) groups is 2. The van der Waals surface area contributed by atoms with Crippen LogP contribution in [0.5, 0.6) is 0 Å². The van der Waals surface area contributed by atoms with E-state index >= 15 is 0 Å². The average molecular weight is 382 g/mol. The molecule has 7 nitrogen and oxygen atoms in total. The van der Waals surface area contributed by atoms with Gasteiger partial charge in [0.1, 0.15) is 0 Å². The van der Waals surface area contributed by atoms with E-state index in [0.29, 0.717) is 25.9 Å². The van der Waals surface area contributed by atoms with Crippen LogP contribution in [-0.2, 0) is 14.8 Å². The Balaban J connectivity index is 2.10. The average Bonchev–Trinajstić information content (AvgIpc) is 2.65. The van der Waals surface area contributed by atoms with E-state index in [1.165, 1.54) is 28.6 Å². The summed E-state index contributed by atoms with van der Waals surface area (Å²) in [6.45, 7) is 2.89. The van der Waals surface area contributed by atoms with Crippen molar-refractivity contribution in [3.8, 4) is 0 Å². The van der Waals surface area contributed by atoms with Crippen LogP contribution in [0, 0.1) is 5.92 Å². The lowest BCUT2D eigenvalue weighted by molar-refractivity contribution is -0.141. The molecule has 0 radical (unpaired) electrons. The topological polar surface area (TPSA) is 104 Å². The number of benzene rings is 1. The minimum atomic E-state index is -3.61. The molecule has 1 atom stereocenters. The van der Waals surface area contributed by atoms with Crippen molar-refractivity contribution >= 4 is 21.9 Å². The van der Waals surface area contributed by atoms with Crippen LogP contribution in [0.3, 0.4) is 0 Å². The Kier molecular flexibility index (Phi) is 7.16. The number of aliphatic carboxylic acids is 1. The van der Waals surface area contributed by atoms with E-state index in [1.54, 1.807) is 0 Å². The van der Waals surface area contributed by atoms with Crippen LogP contribution in [0.2, 0.25) is 0 Å². The molecule has 8 heteroatoms. The standard InChI is InChI=1S/C18H26N2O5S/c1-2-7-15(18(22)23)13-19-17(21)14-8-6-9-16(12-14)26(24,25)20-10-4-3-5-11-20/h6,8-9,12,15H,2-5,7,10-11,13H2,1H3,(H,19,21)(H,22,23). The van der Waals surface area contributed by atoms with E-state index in [-0.39, 0.29) is 17.0 Å². The third-order valence-corrected chi connectivity index (χ3v) is 6.44. The predicted molar refractivity (Wildman–Crippen MR) is 97.4 cm³/mol. The maximum atomic E-state index is 12.7. The molecule has 0 aromatic heterocycles. The summed E-state index contributed by atoms with van der Waals surface area (Å²) in [4.78, 5) is 23.6. The van der Waals surface area contributed by atoms with E-state index in [9.17, 15) is 18.0 Å². The van der Waals surface area contributed by atoms with Crippen molar-refractivity contribution < 1.29 is 23.1 Å². The molecule has 0 aliphatic carbocycles. The molecular formula is C18H26N2O5S. The number of carboxylic acid groups (broad SMARTS) is 1.